The monoisotopic (exact) mass is 880 g/mol. The van der Waals surface area contributed by atoms with Crippen molar-refractivity contribution in [2.45, 2.75) is 0 Å². The molecule has 0 aliphatic heterocycles. The van der Waals surface area contributed by atoms with Gasteiger partial charge in [-0.05, 0) is 134 Å². The van der Waals surface area contributed by atoms with E-state index in [1.165, 1.54) is 60.8 Å². The molecule has 324 valence electrons. The van der Waals surface area contributed by atoms with E-state index in [2.05, 4.69) is 264 Å². The van der Waals surface area contributed by atoms with Gasteiger partial charge in [0.25, 0.3) is 0 Å². The highest BCUT2D eigenvalue weighted by Crippen LogP contribution is 2.40. The maximum absolute atomic E-state index is 6.32. The second-order valence-electron chi connectivity index (χ2n) is 17.7. The number of rotatable bonds is 9. The molecule has 3 heteroatoms. The van der Waals surface area contributed by atoms with Crippen molar-refractivity contribution in [3.05, 3.63) is 267 Å². The van der Waals surface area contributed by atoms with Gasteiger partial charge in [0.05, 0.1) is 11.0 Å². The van der Waals surface area contributed by atoms with Gasteiger partial charge in [-0.25, -0.2) is 0 Å². The summed E-state index contributed by atoms with van der Waals surface area (Å²) in [5.74, 6) is 0. The van der Waals surface area contributed by atoms with Crippen molar-refractivity contribution in [2.75, 3.05) is 4.90 Å². The van der Waals surface area contributed by atoms with E-state index < -0.39 is 0 Å². The molecule has 0 saturated heterocycles. The summed E-state index contributed by atoms with van der Waals surface area (Å²) in [6.45, 7) is 0. The Morgan fingerprint density at radius 1 is 0.246 bits per heavy atom. The number of benzene rings is 11. The van der Waals surface area contributed by atoms with Gasteiger partial charge in [0.15, 0.2) is 0 Å². The first-order valence-corrected chi connectivity index (χ1v) is 23.6. The highest BCUT2D eigenvalue weighted by Gasteiger charge is 2.17. The van der Waals surface area contributed by atoms with Crippen molar-refractivity contribution in [3.63, 3.8) is 0 Å². The molecule has 0 bridgehead atoms. The van der Waals surface area contributed by atoms with E-state index in [0.29, 0.717) is 0 Å². The number of fused-ring (bicyclic) bond motifs is 6. The van der Waals surface area contributed by atoms with Crippen molar-refractivity contribution < 1.29 is 4.42 Å². The van der Waals surface area contributed by atoms with Crippen molar-refractivity contribution in [2.24, 2.45) is 0 Å². The maximum atomic E-state index is 6.32. The van der Waals surface area contributed by atoms with Crippen LogP contribution in [-0.4, -0.2) is 4.57 Å². The standard InChI is InChI=1S/C66H44N2O/c1-2-12-45(13-3-1)46-24-26-47(27-25-46)49-32-37-55(38-33-49)67(57-16-11-15-53(43-57)54-36-41-62-61-20-6-9-23-65(61)69-66(62)44-54)56-39-34-50(35-40-56)48-28-30-51(31-29-48)52-14-10-17-58(42-52)68-63-21-7-4-18-59(63)60-19-5-8-22-64(60)68/h1-44H. The number of furan rings is 1. The van der Waals surface area contributed by atoms with Crippen molar-refractivity contribution in [1.82, 2.24) is 4.57 Å². The Hall–Kier alpha value is -9.18. The molecule has 0 unspecified atom stereocenters. The van der Waals surface area contributed by atoms with Gasteiger partial charge in [0.1, 0.15) is 11.2 Å². The van der Waals surface area contributed by atoms with Gasteiger partial charge in [-0.3, -0.25) is 0 Å². The van der Waals surface area contributed by atoms with Crippen LogP contribution in [0, 0.1) is 0 Å². The van der Waals surface area contributed by atoms with E-state index in [9.17, 15) is 0 Å². The summed E-state index contributed by atoms with van der Waals surface area (Å²) in [5.41, 5.74) is 20.3. The van der Waals surface area contributed by atoms with Gasteiger partial charge in [-0.2, -0.15) is 0 Å². The second-order valence-corrected chi connectivity index (χ2v) is 17.7. The van der Waals surface area contributed by atoms with Crippen molar-refractivity contribution in [1.29, 1.82) is 0 Å². The zero-order chi connectivity index (χ0) is 45.7. The average Bonchev–Trinajstić information content (AvgIpc) is 3.97. The smallest absolute Gasteiger partial charge is 0.136 e. The number of nitrogens with zero attached hydrogens (tertiary/aromatic N) is 2. The van der Waals surface area contributed by atoms with Gasteiger partial charge in [-0.1, -0.05) is 188 Å². The summed E-state index contributed by atoms with van der Waals surface area (Å²) < 4.78 is 8.70. The lowest BCUT2D eigenvalue weighted by Gasteiger charge is -2.26. The molecule has 2 aromatic heterocycles. The molecule has 0 N–H and O–H groups in total. The van der Waals surface area contributed by atoms with Crippen LogP contribution in [0.15, 0.2) is 271 Å². The third-order valence-corrected chi connectivity index (χ3v) is 13.6. The van der Waals surface area contributed by atoms with E-state index in [1.54, 1.807) is 0 Å². The van der Waals surface area contributed by atoms with Crippen LogP contribution >= 0.6 is 0 Å². The fraction of sp³-hybridized carbons (Fsp3) is 0. The lowest BCUT2D eigenvalue weighted by atomic mass is 9.99. The minimum atomic E-state index is 0.889. The Balaban J connectivity index is 0.825. The molecule has 0 spiro atoms. The van der Waals surface area contributed by atoms with Gasteiger partial charge >= 0.3 is 0 Å². The van der Waals surface area contributed by atoms with Crippen LogP contribution in [0.25, 0.3) is 105 Å². The Kier molecular flexibility index (Phi) is 9.84. The topological polar surface area (TPSA) is 21.3 Å². The number of para-hydroxylation sites is 3. The van der Waals surface area contributed by atoms with E-state index in [-0.39, 0.29) is 0 Å². The summed E-state index contributed by atoms with van der Waals surface area (Å²) in [6.07, 6.45) is 0. The molecular weight excluding hydrogens is 837 g/mol. The van der Waals surface area contributed by atoms with Crippen LogP contribution in [0.3, 0.4) is 0 Å². The average molecular weight is 881 g/mol. The summed E-state index contributed by atoms with van der Waals surface area (Å²) in [4.78, 5) is 2.35. The summed E-state index contributed by atoms with van der Waals surface area (Å²) in [7, 11) is 0. The highest BCUT2D eigenvalue weighted by molar-refractivity contribution is 6.09. The summed E-state index contributed by atoms with van der Waals surface area (Å²) in [5, 5.41) is 4.79. The first-order chi connectivity index (χ1) is 34.2. The van der Waals surface area contributed by atoms with E-state index in [4.69, 9.17) is 4.42 Å². The predicted molar refractivity (Wildman–Crippen MR) is 290 cm³/mol. The molecule has 3 nitrogen and oxygen atoms in total. The number of hydrogen-bond donors (Lipinski definition) is 0. The largest absolute Gasteiger partial charge is 0.456 e. The fourth-order valence-corrected chi connectivity index (χ4v) is 10.1. The highest BCUT2D eigenvalue weighted by atomic mass is 16.3. The van der Waals surface area contributed by atoms with Gasteiger partial charge in [0.2, 0.25) is 0 Å². The van der Waals surface area contributed by atoms with Crippen LogP contribution in [0.2, 0.25) is 0 Å². The van der Waals surface area contributed by atoms with Crippen LogP contribution in [0.5, 0.6) is 0 Å². The lowest BCUT2D eigenvalue weighted by Crippen LogP contribution is -2.10. The van der Waals surface area contributed by atoms with Crippen LogP contribution in [0.1, 0.15) is 0 Å². The van der Waals surface area contributed by atoms with E-state index in [1.807, 2.05) is 12.1 Å². The van der Waals surface area contributed by atoms with Gasteiger partial charge in [0, 0.05) is 44.3 Å². The number of hydrogen-bond acceptors (Lipinski definition) is 2. The molecule has 0 atom stereocenters. The molecule has 0 aliphatic carbocycles. The summed E-state index contributed by atoms with van der Waals surface area (Å²) >= 11 is 0. The predicted octanol–water partition coefficient (Wildman–Crippen LogP) is 18.5. The minimum Gasteiger partial charge on any atom is -0.456 e. The molecule has 0 saturated carbocycles. The molecule has 69 heavy (non-hydrogen) atoms. The molecule has 0 amide bonds. The SMILES string of the molecule is c1ccc(-c2ccc(-c3ccc(N(c4ccc(-c5ccc(-c6cccc(-n7c8ccccc8c8ccccc87)c6)cc5)cc4)c4cccc(-c5ccc6c(c5)oc5ccccc56)c4)cc3)cc2)cc1. The molecular formula is C66H44N2O. The summed E-state index contributed by atoms with van der Waals surface area (Å²) in [6, 6.07) is 96.1. The van der Waals surface area contributed by atoms with Crippen molar-refractivity contribution >= 4 is 60.8 Å². The van der Waals surface area contributed by atoms with E-state index >= 15 is 0 Å². The molecule has 13 aromatic rings. The van der Waals surface area contributed by atoms with Crippen molar-refractivity contribution in [3.8, 4) is 61.3 Å². The zero-order valence-electron chi connectivity index (χ0n) is 37.7. The Morgan fingerprint density at radius 3 is 1.25 bits per heavy atom. The number of aromatic nitrogens is 1. The third-order valence-electron chi connectivity index (χ3n) is 13.6. The third kappa shape index (κ3) is 7.34. The molecule has 0 fully saturated rings. The lowest BCUT2D eigenvalue weighted by molar-refractivity contribution is 0.669. The second kappa shape index (κ2) is 16.9. The van der Waals surface area contributed by atoms with Crippen LogP contribution in [-0.2, 0) is 0 Å². The molecule has 11 aromatic carbocycles. The van der Waals surface area contributed by atoms with E-state index in [0.717, 1.165) is 61.4 Å². The number of anilines is 3. The van der Waals surface area contributed by atoms with Gasteiger partial charge < -0.3 is 13.9 Å². The maximum Gasteiger partial charge on any atom is 0.136 e. The van der Waals surface area contributed by atoms with Crippen LogP contribution in [0.4, 0.5) is 17.1 Å². The first-order valence-electron chi connectivity index (χ1n) is 23.6. The molecule has 13 rings (SSSR count). The quantitative estimate of drug-likeness (QED) is 0.144. The fourth-order valence-electron chi connectivity index (χ4n) is 10.1. The Labute approximate surface area is 401 Å². The minimum absolute atomic E-state index is 0.889. The molecule has 0 aliphatic rings. The van der Waals surface area contributed by atoms with Crippen LogP contribution < -0.4 is 4.90 Å². The molecule has 0 radical (unpaired) electrons. The zero-order valence-corrected chi connectivity index (χ0v) is 37.7. The van der Waals surface area contributed by atoms with Gasteiger partial charge in [-0.15, -0.1) is 0 Å². The first kappa shape index (κ1) is 40.1. The molecule has 2 heterocycles. The Morgan fingerprint density at radius 2 is 0.652 bits per heavy atom. The Bertz CT molecular complexity index is 3920. The normalized spacial score (nSPS) is 11.5.